The van der Waals surface area contributed by atoms with Gasteiger partial charge in [0.2, 0.25) is 0 Å². The molecular weight excluding hydrogens is 266 g/mol. The molecule has 0 spiro atoms. The zero-order valence-electron chi connectivity index (χ0n) is 11.6. The van der Waals surface area contributed by atoms with Crippen molar-refractivity contribution in [1.29, 1.82) is 0 Å². The maximum Gasteiger partial charge on any atom is 0.266 e. The second-order valence-corrected chi connectivity index (χ2v) is 5.24. The Kier molecular flexibility index (Phi) is 3.11. The van der Waals surface area contributed by atoms with Crippen molar-refractivity contribution in [2.75, 3.05) is 7.05 Å². The molecule has 0 saturated heterocycles. The summed E-state index contributed by atoms with van der Waals surface area (Å²) in [6.07, 6.45) is 0.140. The van der Waals surface area contributed by atoms with E-state index in [1.807, 2.05) is 30.3 Å². The zero-order chi connectivity index (χ0) is 15.0. The van der Waals surface area contributed by atoms with E-state index in [4.69, 9.17) is 0 Å². The maximum atomic E-state index is 12.5. The molecule has 1 aliphatic rings. The number of nitrogens with zero attached hydrogens (tertiary/aromatic N) is 1. The minimum Gasteiger partial charge on any atom is -0.375 e. The molecule has 4 heteroatoms. The third kappa shape index (κ3) is 2.04. The Labute approximate surface area is 122 Å². The Hall–Kier alpha value is -2.46. The number of hydrogen-bond donors (Lipinski definition) is 1. The van der Waals surface area contributed by atoms with Crippen LogP contribution in [0.15, 0.2) is 54.6 Å². The molecule has 2 aromatic carbocycles. The van der Waals surface area contributed by atoms with E-state index in [0.717, 1.165) is 10.5 Å². The highest BCUT2D eigenvalue weighted by atomic mass is 16.3. The quantitative estimate of drug-likeness (QED) is 0.853. The smallest absolute Gasteiger partial charge is 0.266 e. The van der Waals surface area contributed by atoms with Gasteiger partial charge in [-0.15, -0.1) is 0 Å². The summed E-state index contributed by atoms with van der Waals surface area (Å²) in [5.74, 6) is -0.969. The molecule has 0 radical (unpaired) electrons. The van der Waals surface area contributed by atoms with Crippen LogP contribution in [0.25, 0.3) is 0 Å². The van der Waals surface area contributed by atoms with Gasteiger partial charge in [0.15, 0.2) is 5.60 Å². The minimum atomic E-state index is -1.71. The normalized spacial score (nSPS) is 21.3. The second-order valence-electron chi connectivity index (χ2n) is 5.24. The number of rotatable bonds is 2. The SMILES string of the molecule is CN1C(=O)c2ccccc2C(O)(Cc2ccccc2)C1=O. The highest BCUT2D eigenvalue weighted by Crippen LogP contribution is 2.35. The van der Waals surface area contributed by atoms with Crippen LogP contribution in [0.1, 0.15) is 21.5 Å². The average molecular weight is 281 g/mol. The predicted octanol–water partition coefficient (Wildman–Crippen LogP) is 1.73. The first-order chi connectivity index (χ1) is 10.0. The summed E-state index contributed by atoms with van der Waals surface area (Å²) in [4.78, 5) is 25.6. The summed E-state index contributed by atoms with van der Waals surface area (Å²) in [6, 6.07) is 16.0. The lowest BCUT2D eigenvalue weighted by Gasteiger charge is -2.36. The fraction of sp³-hybridized carbons (Fsp3) is 0.176. The van der Waals surface area contributed by atoms with Crippen molar-refractivity contribution < 1.29 is 14.7 Å². The molecule has 4 nitrogen and oxygen atoms in total. The lowest BCUT2D eigenvalue weighted by atomic mass is 9.80. The molecule has 2 amide bonds. The summed E-state index contributed by atoms with van der Waals surface area (Å²) in [5, 5.41) is 11.0. The average Bonchev–Trinajstić information content (AvgIpc) is 2.52. The number of carbonyl (C=O) groups is 2. The summed E-state index contributed by atoms with van der Waals surface area (Å²) in [7, 11) is 1.40. The van der Waals surface area contributed by atoms with Crippen LogP contribution in [0, 0.1) is 0 Å². The molecule has 0 aliphatic carbocycles. The highest BCUT2D eigenvalue weighted by Gasteiger charge is 2.48. The first-order valence-corrected chi connectivity index (χ1v) is 6.72. The largest absolute Gasteiger partial charge is 0.375 e. The monoisotopic (exact) mass is 281 g/mol. The fourth-order valence-electron chi connectivity index (χ4n) is 2.76. The van der Waals surface area contributed by atoms with E-state index < -0.39 is 11.5 Å². The molecule has 0 aromatic heterocycles. The van der Waals surface area contributed by atoms with Crippen molar-refractivity contribution in [3.05, 3.63) is 71.3 Å². The van der Waals surface area contributed by atoms with Gasteiger partial charge in [-0.25, -0.2) is 0 Å². The molecular formula is C17H15NO3. The second kappa shape index (κ2) is 4.82. The number of aliphatic hydroxyl groups is 1. The third-order valence-electron chi connectivity index (χ3n) is 3.87. The van der Waals surface area contributed by atoms with Crippen LogP contribution in [0.2, 0.25) is 0 Å². The summed E-state index contributed by atoms with van der Waals surface area (Å²) < 4.78 is 0. The fourth-order valence-corrected chi connectivity index (χ4v) is 2.76. The van der Waals surface area contributed by atoms with Gasteiger partial charge in [-0.05, 0) is 11.6 Å². The van der Waals surface area contributed by atoms with E-state index in [1.165, 1.54) is 7.05 Å². The van der Waals surface area contributed by atoms with Crippen LogP contribution < -0.4 is 0 Å². The molecule has 0 bridgehead atoms. The summed E-state index contributed by atoms with van der Waals surface area (Å²) in [6.45, 7) is 0. The van der Waals surface area contributed by atoms with Gasteiger partial charge >= 0.3 is 0 Å². The lowest BCUT2D eigenvalue weighted by Crippen LogP contribution is -2.53. The van der Waals surface area contributed by atoms with Gasteiger partial charge in [0.25, 0.3) is 11.8 Å². The molecule has 21 heavy (non-hydrogen) atoms. The molecule has 3 rings (SSSR count). The van der Waals surface area contributed by atoms with Crippen LogP contribution in [0.4, 0.5) is 0 Å². The number of carbonyl (C=O) groups excluding carboxylic acids is 2. The van der Waals surface area contributed by atoms with Crippen molar-refractivity contribution in [3.8, 4) is 0 Å². The molecule has 2 aromatic rings. The van der Waals surface area contributed by atoms with Gasteiger partial charge < -0.3 is 5.11 Å². The first-order valence-electron chi connectivity index (χ1n) is 6.72. The topological polar surface area (TPSA) is 57.6 Å². The number of imide groups is 1. The van der Waals surface area contributed by atoms with Crippen LogP contribution in [-0.4, -0.2) is 28.9 Å². The van der Waals surface area contributed by atoms with Gasteiger partial charge in [0, 0.05) is 24.6 Å². The van der Waals surface area contributed by atoms with Crippen LogP contribution in [0.5, 0.6) is 0 Å². The van der Waals surface area contributed by atoms with E-state index in [9.17, 15) is 14.7 Å². The van der Waals surface area contributed by atoms with Crippen LogP contribution >= 0.6 is 0 Å². The van der Waals surface area contributed by atoms with Crippen molar-refractivity contribution in [3.63, 3.8) is 0 Å². The molecule has 1 heterocycles. The number of hydrogen-bond acceptors (Lipinski definition) is 3. The van der Waals surface area contributed by atoms with E-state index in [1.54, 1.807) is 24.3 Å². The van der Waals surface area contributed by atoms with Crippen LogP contribution in [-0.2, 0) is 16.8 Å². The van der Waals surface area contributed by atoms with Crippen molar-refractivity contribution in [2.24, 2.45) is 0 Å². The number of benzene rings is 2. The van der Waals surface area contributed by atoms with E-state index in [-0.39, 0.29) is 12.3 Å². The van der Waals surface area contributed by atoms with Crippen molar-refractivity contribution >= 4 is 11.8 Å². The van der Waals surface area contributed by atoms with Gasteiger partial charge in [0.05, 0.1) is 0 Å². The molecule has 1 aliphatic heterocycles. The lowest BCUT2D eigenvalue weighted by molar-refractivity contribution is -0.149. The highest BCUT2D eigenvalue weighted by molar-refractivity contribution is 6.12. The molecule has 1 N–H and O–H groups in total. The molecule has 0 fully saturated rings. The van der Waals surface area contributed by atoms with E-state index >= 15 is 0 Å². The van der Waals surface area contributed by atoms with Crippen molar-refractivity contribution in [2.45, 2.75) is 12.0 Å². The first kappa shape index (κ1) is 13.5. The number of likely N-dealkylation sites (N-methyl/N-ethyl adjacent to an activating group) is 1. The van der Waals surface area contributed by atoms with E-state index in [2.05, 4.69) is 0 Å². The zero-order valence-corrected chi connectivity index (χ0v) is 11.6. The minimum absolute atomic E-state index is 0.140. The Morgan fingerprint density at radius 1 is 1.00 bits per heavy atom. The summed E-state index contributed by atoms with van der Waals surface area (Å²) >= 11 is 0. The van der Waals surface area contributed by atoms with Gasteiger partial charge in [0.1, 0.15) is 0 Å². The maximum absolute atomic E-state index is 12.5. The van der Waals surface area contributed by atoms with Crippen LogP contribution in [0.3, 0.4) is 0 Å². The van der Waals surface area contributed by atoms with Crippen molar-refractivity contribution in [1.82, 2.24) is 4.90 Å². The van der Waals surface area contributed by atoms with Gasteiger partial charge in [-0.2, -0.15) is 0 Å². The third-order valence-corrected chi connectivity index (χ3v) is 3.87. The number of fused-ring (bicyclic) bond motifs is 1. The van der Waals surface area contributed by atoms with Gasteiger partial charge in [-0.3, -0.25) is 14.5 Å². The summed E-state index contributed by atoms with van der Waals surface area (Å²) in [5.41, 5.74) is -0.119. The Balaban J connectivity index is 2.14. The Morgan fingerprint density at radius 3 is 2.33 bits per heavy atom. The van der Waals surface area contributed by atoms with Gasteiger partial charge in [-0.1, -0.05) is 48.5 Å². The standard InChI is InChI=1S/C17H15NO3/c1-18-15(19)13-9-5-6-10-14(13)17(21,16(18)20)11-12-7-3-2-4-8-12/h2-10,21H,11H2,1H3. The Bertz CT molecular complexity index is 711. The Morgan fingerprint density at radius 2 is 1.62 bits per heavy atom. The molecule has 0 saturated carbocycles. The molecule has 1 unspecified atom stereocenters. The number of amides is 2. The molecule has 1 atom stereocenters. The molecule has 106 valence electrons. The predicted molar refractivity (Wildman–Crippen MR) is 77.6 cm³/mol. The van der Waals surface area contributed by atoms with E-state index in [0.29, 0.717) is 11.1 Å².